The minimum Gasteiger partial charge on any atom is -0.285 e. The van der Waals surface area contributed by atoms with Crippen molar-refractivity contribution < 1.29 is 18.0 Å². The zero-order valence-corrected chi connectivity index (χ0v) is 18.2. The molecule has 7 heteroatoms. The van der Waals surface area contributed by atoms with E-state index in [1.807, 2.05) is 30.3 Å². The number of fused-ring (bicyclic) bond motifs is 2. The first-order chi connectivity index (χ1) is 15.9. The highest BCUT2D eigenvalue weighted by Crippen LogP contribution is 2.36. The average Bonchev–Trinajstić information content (AvgIpc) is 3.43. The molecule has 33 heavy (non-hydrogen) atoms. The molecule has 0 amide bonds. The van der Waals surface area contributed by atoms with Crippen molar-refractivity contribution in [2.24, 2.45) is 0 Å². The van der Waals surface area contributed by atoms with Gasteiger partial charge < -0.3 is 0 Å². The molecular formula is C26H18F3N2OS. The zero-order chi connectivity index (χ0) is 23.0. The fourth-order valence-electron chi connectivity index (χ4n) is 4.08. The summed E-state index contributed by atoms with van der Waals surface area (Å²) in [6.45, 7) is 0. The van der Waals surface area contributed by atoms with Crippen molar-refractivity contribution in [1.29, 1.82) is 0 Å². The maximum Gasteiger partial charge on any atom is 0.389 e. The van der Waals surface area contributed by atoms with Crippen LogP contribution in [0.25, 0.3) is 31.4 Å². The molecular weight excluding hydrogens is 445 g/mol. The first-order valence-electron chi connectivity index (χ1n) is 10.4. The van der Waals surface area contributed by atoms with Crippen LogP contribution in [0.15, 0.2) is 79.0 Å². The number of thiophene rings is 1. The van der Waals surface area contributed by atoms with Gasteiger partial charge in [0.1, 0.15) is 0 Å². The maximum absolute atomic E-state index is 13.1. The van der Waals surface area contributed by atoms with Gasteiger partial charge >= 0.3 is 6.18 Å². The number of carbonyl (C=O) groups excluding carboxylic acids is 1. The highest BCUT2D eigenvalue weighted by Gasteiger charge is 2.30. The Bertz CT molecular complexity index is 1400. The number of halogens is 3. The Morgan fingerprint density at radius 3 is 2.48 bits per heavy atom. The molecule has 1 unspecified atom stereocenters. The van der Waals surface area contributed by atoms with E-state index in [0.29, 0.717) is 11.1 Å². The lowest BCUT2D eigenvalue weighted by atomic mass is 10.00. The Kier molecular flexibility index (Phi) is 5.50. The lowest BCUT2D eigenvalue weighted by molar-refractivity contribution is -0.136. The molecule has 1 radical (unpaired) electrons. The van der Waals surface area contributed by atoms with Crippen LogP contribution in [0.2, 0.25) is 0 Å². The smallest absolute Gasteiger partial charge is 0.285 e. The summed E-state index contributed by atoms with van der Waals surface area (Å²) in [5.41, 5.74) is 2.82. The summed E-state index contributed by atoms with van der Waals surface area (Å²) >= 11 is 1.70. The van der Waals surface area contributed by atoms with E-state index in [1.165, 1.54) is 10.1 Å². The van der Waals surface area contributed by atoms with Gasteiger partial charge in [0.05, 0.1) is 17.8 Å². The van der Waals surface area contributed by atoms with Gasteiger partial charge in [-0.15, -0.1) is 11.3 Å². The van der Waals surface area contributed by atoms with Gasteiger partial charge in [0.15, 0.2) is 0 Å². The minimum atomic E-state index is -4.27. The minimum absolute atomic E-state index is 0.150. The molecule has 0 saturated heterocycles. The van der Waals surface area contributed by atoms with Crippen LogP contribution in [0, 0.1) is 0 Å². The van der Waals surface area contributed by atoms with E-state index in [9.17, 15) is 18.0 Å². The summed E-state index contributed by atoms with van der Waals surface area (Å²) in [7, 11) is 0. The quantitative estimate of drug-likeness (QED) is 0.265. The summed E-state index contributed by atoms with van der Waals surface area (Å²) in [6.07, 6.45) is -1.86. The van der Waals surface area contributed by atoms with Crippen LogP contribution in [0.5, 0.6) is 0 Å². The second kappa shape index (κ2) is 8.48. The average molecular weight is 464 g/mol. The first kappa shape index (κ1) is 21.4. The van der Waals surface area contributed by atoms with Crippen molar-refractivity contribution >= 4 is 38.6 Å². The molecule has 0 N–H and O–H groups in total. The van der Waals surface area contributed by atoms with Gasteiger partial charge in [-0.3, -0.25) is 9.48 Å². The normalized spacial score (nSPS) is 12.9. The first-order valence-corrected chi connectivity index (χ1v) is 11.2. The molecule has 3 nitrogen and oxygen atoms in total. The third-order valence-corrected chi connectivity index (χ3v) is 6.88. The van der Waals surface area contributed by atoms with E-state index >= 15 is 0 Å². The number of rotatable bonds is 6. The Hall–Kier alpha value is -3.45. The van der Waals surface area contributed by atoms with Crippen molar-refractivity contribution in [3.05, 3.63) is 90.1 Å². The van der Waals surface area contributed by atoms with Crippen LogP contribution in [-0.4, -0.2) is 22.2 Å². The highest BCUT2D eigenvalue weighted by atomic mass is 32.1. The zero-order valence-electron chi connectivity index (χ0n) is 17.3. The molecule has 0 aliphatic rings. The predicted molar refractivity (Wildman–Crippen MR) is 125 cm³/mol. The molecule has 0 aliphatic heterocycles. The largest absolute Gasteiger partial charge is 0.389 e. The van der Waals surface area contributed by atoms with Gasteiger partial charge in [-0.2, -0.15) is 18.3 Å². The van der Waals surface area contributed by atoms with Crippen molar-refractivity contribution in [1.82, 2.24) is 9.78 Å². The molecule has 0 aliphatic carbocycles. The molecule has 0 bridgehead atoms. The molecule has 3 aromatic carbocycles. The summed E-state index contributed by atoms with van der Waals surface area (Å²) in [6, 6.07) is 22.1. The Morgan fingerprint density at radius 1 is 0.970 bits per heavy atom. The molecule has 2 heterocycles. The van der Waals surface area contributed by atoms with Gasteiger partial charge in [-0.25, -0.2) is 0 Å². The number of benzene rings is 3. The molecule has 5 aromatic rings. The number of hydrogen-bond donors (Lipinski definition) is 0. The molecule has 0 spiro atoms. The van der Waals surface area contributed by atoms with Gasteiger partial charge in [-0.1, -0.05) is 48.5 Å². The van der Waals surface area contributed by atoms with Crippen molar-refractivity contribution in [2.45, 2.75) is 25.1 Å². The topological polar surface area (TPSA) is 34.9 Å². The van der Waals surface area contributed by atoms with Crippen LogP contribution in [0.4, 0.5) is 13.2 Å². The monoisotopic (exact) mass is 463 g/mol. The Morgan fingerprint density at radius 2 is 1.76 bits per heavy atom. The summed E-state index contributed by atoms with van der Waals surface area (Å²) in [5, 5.41) is 6.51. The fourth-order valence-corrected chi connectivity index (χ4v) is 5.14. The molecule has 2 aromatic heterocycles. The second-order valence-electron chi connectivity index (χ2n) is 7.90. The molecule has 165 valence electrons. The second-order valence-corrected chi connectivity index (χ2v) is 8.99. The van der Waals surface area contributed by atoms with Crippen LogP contribution in [0.3, 0.4) is 0 Å². The van der Waals surface area contributed by atoms with E-state index in [0.717, 1.165) is 21.3 Å². The fraction of sp³-hybridized carbons (Fsp3) is 0.154. The molecule has 1 atom stereocenters. The SMILES string of the molecule is O=[C]c1ccc(C(CCC(F)(F)F)n2ncc3cc(-c4cc5ccccc5s4)ccc32)cc1. The van der Waals surface area contributed by atoms with Crippen molar-refractivity contribution in [3.8, 4) is 10.4 Å². The van der Waals surface area contributed by atoms with Crippen molar-refractivity contribution in [3.63, 3.8) is 0 Å². The number of alkyl halides is 3. The third kappa shape index (κ3) is 4.41. The van der Waals surface area contributed by atoms with Crippen LogP contribution in [-0.2, 0) is 4.79 Å². The van der Waals surface area contributed by atoms with Crippen LogP contribution < -0.4 is 0 Å². The van der Waals surface area contributed by atoms with E-state index in [2.05, 4.69) is 23.3 Å². The van der Waals surface area contributed by atoms with E-state index < -0.39 is 18.6 Å². The lowest BCUT2D eigenvalue weighted by Gasteiger charge is -2.20. The van der Waals surface area contributed by atoms with Gasteiger partial charge in [0.2, 0.25) is 6.29 Å². The van der Waals surface area contributed by atoms with Crippen molar-refractivity contribution in [2.75, 3.05) is 0 Å². The summed E-state index contributed by atoms with van der Waals surface area (Å²) in [5.74, 6) is 0. The Balaban J connectivity index is 1.54. The molecule has 0 saturated carbocycles. The summed E-state index contributed by atoms with van der Waals surface area (Å²) < 4.78 is 42.0. The highest BCUT2D eigenvalue weighted by molar-refractivity contribution is 7.22. The number of hydrogen-bond acceptors (Lipinski definition) is 3. The standard InChI is InChI=1S/C26H18F3N2OS/c27-26(28,29)12-11-23(18-7-5-17(16-32)6-8-18)31-22-10-9-20(13-21(22)15-30-31)25-14-19-3-1-2-4-24(19)33-25/h1-10,13-15,23H,11-12H2. The Labute approximate surface area is 192 Å². The van der Waals surface area contributed by atoms with E-state index in [1.54, 1.807) is 52.8 Å². The molecule has 0 fully saturated rings. The van der Waals surface area contributed by atoms with Gasteiger partial charge in [-0.05, 0) is 47.2 Å². The molecule has 5 rings (SSSR count). The van der Waals surface area contributed by atoms with E-state index in [4.69, 9.17) is 0 Å². The van der Waals surface area contributed by atoms with Gasteiger partial charge in [0.25, 0.3) is 0 Å². The summed E-state index contributed by atoms with van der Waals surface area (Å²) in [4.78, 5) is 12.0. The number of aromatic nitrogens is 2. The van der Waals surface area contributed by atoms with E-state index in [-0.39, 0.29) is 6.42 Å². The van der Waals surface area contributed by atoms with Gasteiger partial charge in [0, 0.05) is 26.9 Å². The van der Waals surface area contributed by atoms with Crippen LogP contribution in [0.1, 0.15) is 30.0 Å². The third-order valence-electron chi connectivity index (χ3n) is 5.72. The lowest BCUT2D eigenvalue weighted by Crippen LogP contribution is -2.16. The number of nitrogens with zero attached hydrogens (tertiary/aromatic N) is 2. The van der Waals surface area contributed by atoms with Crippen LogP contribution >= 0.6 is 11.3 Å². The predicted octanol–water partition coefficient (Wildman–Crippen LogP) is 7.31. The maximum atomic E-state index is 13.1.